The second-order valence-electron chi connectivity index (χ2n) is 4.05. The predicted molar refractivity (Wildman–Crippen MR) is 79.9 cm³/mol. The Hall–Kier alpha value is -1.76. The van der Waals surface area contributed by atoms with Crippen LogP contribution < -0.4 is 4.74 Å². The molecule has 0 fully saturated rings. The number of thiazole rings is 1. The van der Waals surface area contributed by atoms with Gasteiger partial charge in [-0.2, -0.15) is 0 Å². The Morgan fingerprint density at radius 1 is 1.15 bits per heavy atom. The number of hydrogen-bond donors (Lipinski definition) is 1. The molecule has 0 spiro atoms. The molecule has 0 saturated carbocycles. The third kappa shape index (κ3) is 3.04. The Kier molecular flexibility index (Phi) is 4.05. The first-order chi connectivity index (χ1) is 9.85. The standard InChI is InChI=1S/C14H12N2O2S2/c17-7-10-3-4-12(6-15-10)18-8-11-9-20-14(16-11)13-2-1-5-19-13/h1-6,9,17H,7-8H2. The topological polar surface area (TPSA) is 55.2 Å². The molecule has 0 aliphatic carbocycles. The molecule has 6 heteroatoms. The van der Waals surface area contributed by atoms with Gasteiger partial charge >= 0.3 is 0 Å². The summed E-state index contributed by atoms with van der Waals surface area (Å²) in [5.41, 5.74) is 1.54. The maximum Gasteiger partial charge on any atom is 0.138 e. The number of aliphatic hydroxyl groups excluding tert-OH is 1. The first-order valence-electron chi connectivity index (χ1n) is 6.02. The summed E-state index contributed by atoms with van der Waals surface area (Å²) in [6.07, 6.45) is 1.61. The monoisotopic (exact) mass is 304 g/mol. The van der Waals surface area contributed by atoms with Gasteiger partial charge in [0, 0.05) is 5.38 Å². The zero-order chi connectivity index (χ0) is 13.8. The summed E-state index contributed by atoms with van der Waals surface area (Å²) in [4.78, 5) is 9.79. The SMILES string of the molecule is OCc1ccc(OCc2csc(-c3cccs3)n2)cn1. The summed E-state index contributed by atoms with van der Waals surface area (Å²) in [7, 11) is 0. The third-order valence-electron chi connectivity index (χ3n) is 2.63. The Balaban J connectivity index is 1.63. The van der Waals surface area contributed by atoms with Gasteiger partial charge < -0.3 is 9.84 Å². The van der Waals surface area contributed by atoms with E-state index in [-0.39, 0.29) is 6.61 Å². The summed E-state index contributed by atoms with van der Waals surface area (Å²) < 4.78 is 5.63. The smallest absolute Gasteiger partial charge is 0.138 e. The molecule has 3 aromatic heterocycles. The molecule has 4 nitrogen and oxygen atoms in total. The van der Waals surface area contributed by atoms with Crippen molar-refractivity contribution in [2.45, 2.75) is 13.2 Å². The summed E-state index contributed by atoms with van der Waals surface area (Å²) in [6.45, 7) is 0.360. The summed E-state index contributed by atoms with van der Waals surface area (Å²) in [5.74, 6) is 0.674. The molecule has 3 aromatic rings. The van der Waals surface area contributed by atoms with Crippen LogP contribution in [0.4, 0.5) is 0 Å². The van der Waals surface area contributed by atoms with Gasteiger partial charge in [-0.25, -0.2) is 4.98 Å². The van der Waals surface area contributed by atoms with E-state index in [0.717, 1.165) is 10.7 Å². The number of ether oxygens (including phenoxy) is 1. The molecule has 0 radical (unpaired) electrons. The van der Waals surface area contributed by atoms with Crippen molar-refractivity contribution < 1.29 is 9.84 Å². The largest absolute Gasteiger partial charge is 0.486 e. The van der Waals surface area contributed by atoms with Gasteiger partial charge in [-0.05, 0) is 23.6 Å². The predicted octanol–water partition coefficient (Wildman–Crippen LogP) is 3.34. The summed E-state index contributed by atoms with van der Waals surface area (Å²) in [5, 5.41) is 14.0. The molecule has 0 aliphatic rings. The lowest BCUT2D eigenvalue weighted by atomic mass is 10.3. The van der Waals surface area contributed by atoms with Gasteiger partial charge in [0.25, 0.3) is 0 Å². The molecule has 3 heterocycles. The maximum atomic E-state index is 8.92. The number of aromatic nitrogens is 2. The van der Waals surface area contributed by atoms with Gasteiger partial charge in [0.2, 0.25) is 0 Å². The Morgan fingerprint density at radius 3 is 2.80 bits per heavy atom. The van der Waals surface area contributed by atoms with E-state index in [1.54, 1.807) is 41.0 Å². The van der Waals surface area contributed by atoms with Crippen LogP contribution in [0.3, 0.4) is 0 Å². The quantitative estimate of drug-likeness (QED) is 0.785. The molecule has 1 N–H and O–H groups in total. The highest BCUT2D eigenvalue weighted by Crippen LogP contribution is 2.28. The van der Waals surface area contributed by atoms with Gasteiger partial charge in [-0.1, -0.05) is 6.07 Å². The van der Waals surface area contributed by atoms with Crippen LogP contribution in [0, 0.1) is 0 Å². The van der Waals surface area contributed by atoms with Gasteiger partial charge in [0.05, 0.1) is 29.1 Å². The van der Waals surface area contributed by atoms with Crippen molar-refractivity contribution in [2.75, 3.05) is 0 Å². The minimum atomic E-state index is -0.0590. The number of hydrogen-bond acceptors (Lipinski definition) is 6. The Morgan fingerprint density at radius 2 is 2.10 bits per heavy atom. The molecule has 0 aliphatic heterocycles. The van der Waals surface area contributed by atoms with E-state index in [0.29, 0.717) is 18.1 Å². The number of aliphatic hydroxyl groups is 1. The minimum absolute atomic E-state index is 0.0590. The van der Waals surface area contributed by atoms with E-state index in [1.807, 2.05) is 16.8 Å². The first kappa shape index (κ1) is 13.2. The minimum Gasteiger partial charge on any atom is -0.486 e. The van der Waals surface area contributed by atoms with Crippen molar-refractivity contribution in [3.63, 3.8) is 0 Å². The average Bonchev–Trinajstić information content (AvgIpc) is 3.16. The van der Waals surface area contributed by atoms with Crippen LogP contribution in [0.5, 0.6) is 5.75 Å². The van der Waals surface area contributed by atoms with E-state index in [9.17, 15) is 0 Å². The van der Waals surface area contributed by atoms with Crippen LogP contribution in [0.1, 0.15) is 11.4 Å². The molecular weight excluding hydrogens is 292 g/mol. The van der Waals surface area contributed by atoms with E-state index >= 15 is 0 Å². The van der Waals surface area contributed by atoms with E-state index < -0.39 is 0 Å². The molecule has 20 heavy (non-hydrogen) atoms. The maximum absolute atomic E-state index is 8.92. The molecule has 0 atom stereocenters. The molecule has 0 amide bonds. The second-order valence-corrected chi connectivity index (χ2v) is 5.86. The lowest BCUT2D eigenvalue weighted by molar-refractivity contribution is 0.274. The molecule has 3 rings (SSSR count). The Bertz CT molecular complexity index is 663. The summed E-state index contributed by atoms with van der Waals surface area (Å²) in [6, 6.07) is 7.62. The van der Waals surface area contributed by atoms with Crippen LogP contribution in [-0.2, 0) is 13.2 Å². The van der Waals surface area contributed by atoms with Crippen molar-refractivity contribution in [3.8, 4) is 15.6 Å². The lowest BCUT2D eigenvalue weighted by Crippen LogP contribution is -1.97. The van der Waals surface area contributed by atoms with Gasteiger partial charge in [0.1, 0.15) is 17.4 Å². The highest BCUT2D eigenvalue weighted by molar-refractivity contribution is 7.20. The average molecular weight is 304 g/mol. The summed E-state index contributed by atoms with van der Waals surface area (Å²) >= 11 is 3.30. The second kappa shape index (κ2) is 6.13. The molecule has 0 unspecified atom stereocenters. The van der Waals surface area contributed by atoms with E-state index in [4.69, 9.17) is 9.84 Å². The normalized spacial score (nSPS) is 10.7. The van der Waals surface area contributed by atoms with Crippen LogP contribution in [0.25, 0.3) is 9.88 Å². The number of rotatable bonds is 5. The van der Waals surface area contributed by atoms with Gasteiger partial charge in [-0.3, -0.25) is 4.98 Å². The number of thiophene rings is 1. The van der Waals surface area contributed by atoms with E-state index in [1.165, 1.54) is 4.88 Å². The Labute approximate surface area is 124 Å². The van der Waals surface area contributed by atoms with Crippen LogP contribution in [0.2, 0.25) is 0 Å². The van der Waals surface area contributed by atoms with Crippen LogP contribution in [0.15, 0.2) is 41.2 Å². The van der Waals surface area contributed by atoms with Gasteiger partial charge in [-0.15, -0.1) is 22.7 Å². The fourth-order valence-corrected chi connectivity index (χ4v) is 3.25. The highest BCUT2D eigenvalue weighted by Gasteiger charge is 2.06. The van der Waals surface area contributed by atoms with Gasteiger partial charge in [0.15, 0.2) is 0 Å². The number of nitrogens with zero attached hydrogens (tertiary/aromatic N) is 2. The van der Waals surface area contributed by atoms with Crippen LogP contribution in [-0.4, -0.2) is 15.1 Å². The molecule has 0 aromatic carbocycles. The fraction of sp³-hybridized carbons (Fsp3) is 0.143. The van der Waals surface area contributed by atoms with Crippen molar-refractivity contribution in [3.05, 3.63) is 52.6 Å². The third-order valence-corrected chi connectivity index (χ3v) is 4.56. The number of pyridine rings is 1. The zero-order valence-electron chi connectivity index (χ0n) is 10.5. The van der Waals surface area contributed by atoms with Crippen molar-refractivity contribution >= 4 is 22.7 Å². The lowest BCUT2D eigenvalue weighted by Gasteiger charge is -2.03. The highest BCUT2D eigenvalue weighted by atomic mass is 32.1. The van der Waals surface area contributed by atoms with Crippen molar-refractivity contribution in [1.82, 2.24) is 9.97 Å². The molecule has 0 bridgehead atoms. The van der Waals surface area contributed by atoms with Crippen LogP contribution >= 0.6 is 22.7 Å². The van der Waals surface area contributed by atoms with Crippen molar-refractivity contribution in [2.24, 2.45) is 0 Å². The molecular formula is C14H12N2O2S2. The zero-order valence-corrected chi connectivity index (χ0v) is 12.2. The first-order valence-corrected chi connectivity index (χ1v) is 7.78. The van der Waals surface area contributed by atoms with Crippen molar-refractivity contribution in [1.29, 1.82) is 0 Å². The van der Waals surface area contributed by atoms with E-state index in [2.05, 4.69) is 16.0 Å². The fourth-order valence-electron chi connectivity index (χ4n) is 1.63. The molecule has 102 valence electrons. The molecule has 0 saturated heterocycles.